The van der Waals surface area contributed by atoms with Gasteiger partial charge in [-0.25, -0.2) is 4.98 Å². The largest absolute Gasteiger partial charge is 0.368 e. The van der Waals surface area contributed by atoms with E-state index in [9.17, 15) is 9.59 Å². The first kappa shape index (κ1) is 19.6. The molecule has 2 N–H and O–H groups in total. The monoisotopic (exact) mass is 412 g/mol. The molecule has 0 aromatic carbocycles. The number of nitrogens with zero attached hydrogens (tertiary/aromatic N) is 5. The number of primary amides is 1. The Bertz CT molecular complexity index is 871. The maximum Gasteiger partial charge on any atom is 0.240 e. The molecule has 1 aromatic rings. The molecule has 1 aromatic heterocycles. The number of fused-ring (bicyclic) bond motifs is 5. The Labute approximate surface area is 177 Å². The van der Waals surface area contributed by atoms with Crippen LogP contribution in [0.4, 0.5) is 11.8 Å². The summed E-state index contributed by atoms with van der Waals surface area (Å²) in [6.45, 7) is 1.60. The molecule has 162 valence electrons. The second-order valence-electron chi connectivity index (χ2n) is 9.64. The summed E-state index contributed by atoms with van der Waals surface area (Å²) >= 11 is 0. The standard InChI is InChI=1S/C22H32N6O2/c1-26(2)22-24-16-7-4-3-6-15(16)21(25-22)27-11-13-10-14(12-27)19(20(23)30)28-17(13)8-5-9-18(28)29/h13-14,17,19H,3-12H2,1-2H3,(H2,23,30)/t13-,14+,17+,19-/m1/s1. The van der Waals surface area contributed by atoms with Gasteiger partial charge >= 0.3 is 0 Å². The summed E-state index contributed by atoms with van der Waals surface area (Å²) < 4.78 is 0. The lowest BCUT2D eigenvalue weighted by molar-refractivity contribution is -0.155. The normalized spacial score (nSPS) is 30.5. The average Bonchev–Trinajstić information content (AvgIpc) is 2.73. The van der Waals surface area contributed by atoms with Crippen molar-refractivity contribution in [2.45, 2.75) is 63.5 Å². The van der Waals surface area contributed by atoms with E-state index < -0.39 is 6.04 Å². The lowest BCUT2D eigenvalue weighted by Gasteiger charge is -2.55. The Kier molecular flexibility index (Phi) is 4.82. The molecular formula is C22H32N6O2. The lowest BCUT2D eigenvalue weighted by Crippen LogP contribution is -2.68. The molecule has 4 atom stereocenters. The Morgan fingerprint density at radius 2 is 1.83 bits per heavy atom. The second kappa shape index (κ2) is 7.39. The minimum atomic E-state index is -0.493. The van der Waals surface area contributed by atoms with Crippen molar-refractivity contribution in [3.63, 3.8) is 0 Å². The van der Waals surface area contributed by atoms with Gasteiger partial charge in [0.2, 0.25) is 17.8 Å². The van der Waals surface area contributed by atoms with E-state index in [1.54, 1.807) is 0 Å². The van der Waals surface area contributed by atoms with Crippen LogP contribution in [0.5, 0.6) is 0 Å². The van der Waals surface area contributed by atoms with Crippen LogP contribution in [-0.2, 0) is 22.4 Å². The van der Waals surface area contributed by atoms with Crippen molar-refractivity contribution in [2.24, 2.45) is 17.6 Å². The van der Waals surface area contributed by atoms with Crippen LogP contribution < -0.4 is 15.5 Å². The molecule has 4 heterocycles. The molecule has 0 spiro atoms. The molecule has 0 saturated carbocycles. The summed E-state index contributed by atoms with van der Waals surface area (Å²) in [5.41, 5.74) is 8.30. The first-order valence-electron chi connectivity index (χ1n) is 11.4. The Balaban J connectivity index is 1.53. The molecule has 0 unspecified atom stereocenters. The highest BCUT2D eigenvalue weighted by atomic mass is 16.2. The van der Waals surface area contributed by atoms with Gasteiger partial charge in [-0.15, -0.1) is 0 Å². The zero-order chi connectivity index (χ0) is 21.0. The summed E-state index contributed by atoms with van der Waals surface area (Å²) in [6.07, 6.45) is 7.72. The molecular weight excluding hydrogens is 380 g/mol. The fourth-order valence-electron chi connectivity index (χ4n) is 6.22. The van der Waals surface area contributed by atoms with Crippen LogP contribution in [0, 0.1) is 11.8 Å². The van der Waals surface area contributed by atoms with Crippen LogP contribution in [0.3, 0.4) is 0 Å². The SMILES string of the molecule is CN(C)c1nc2c(c(N3C[C@H]4C[C@@H](C3)[C@H](C(N)=O)N3C(=O)CCC[C@@H]43)n1)CCCC2. The number of rotatable bonds is 3. The second-order valence-corrected chi connectivity index (χ2v) is 9.64. The molecule has 0 radical (unpaired) electrons. The number of aryl methyl sites for hydroxylation is 1. The number of carbonyl (C=O) groups excluding carboxylic acids is 2. The summed E-state index contributed by atoms with van der Waals surface area (Å²) in [7, 11) is 3.96. The molecule has 8 heteroatoms. The fraction of sp³-hybridized carbons (Fsp3) is 0.727. The molecule has 30 heavy (non-hydrogen) atoms. The quantitative estimate of drug-likeness (QED) is 0.799. The maximum absolute atomic E-state index is 12.7. The van der Waals surface area contributed by atoms with Gasteiger partial charge in [0.25, 0.3) is 0 Å². The lowest BCUT2D eigenvalue weighted by atomic mass is 9.71. The Morgan fingerprint density at radius 3 is 2.60 bits per heavy atom. The number of amides is 2. The first-order valence-corrected chi connectivity index (χ1v) is 11.4. The van der Waals surface area contributed by atoms with Crippen LogP contribution in [0.1, 0.15) is 49.8 Å². The molecule has 4 aliphatic rings. The van der Waals surface area contributed by atoms with Gasteiger partial charge in [-0.2, -0.15) is 4.98 Å². The van der Waals surface area contributed by atoms with Gasteiger partial charge in [-0.05, 0) is 50.9 Å². The van der Waals surface area contributed by atoms with Crippen LogP contribution in [0.25, 0.3) is 0 Å². The Hall–Kier alpha value is -2.38. The predicted molar refractivity (Wildman–Crippen MR) is 114 cm³/mol. The minimum absolute atomic E-state index is 0.0663. The third-order valence-corrected chi connectivity index (χ3v) is 7.48. The van der Waals surface area contributed by atoms with Gasteiger partial charge in [0.05, 0.1) is 5.69 Å². The number of nitrogens with two attached hydrogens (primary N) is 1. The fourth-order valence-corrected chi connectivity index (χ4v) is 6.22. The number of anilines is 2. The number of carbonyl (C=O) groups is 2. The third-order valence-electron chi connectivity index (χ3n) is 7.48. The highest BCUT2D eigenvalue weighted by Crippen LogP contribution is 2.43. The molecule has 5 rings (SSSR count). The van der Waals surface area contributed by atoms with E-state index in [4.69, 9.17) is 15.7 Å². The van der Waals surface area contributed by atoms with Gasteiger partial charge < -0.3 is 20.4 Å². The van der Waals surface area contributed by atoms with Crippen LogP contribution in [0.2, 0.25) is 0 Å². The Morgan fingerprint density at radius 1 is 1.07 bits per heavy atom. The molecule has 2 bridgehead atoms. The third kappa shape index (κ3) is 3.11. The summed E-state index contributed by atoms with van der Waals surface area (Å²) in [5, 5.41) is 0. The highest BCUT2D eigenvalue weighted by molar-refractivity contribution is 5.88. The van der Waals surface area contributed by atoms with Crippen molar-refractivity contribution in [3.05, 3.63) is 11.3 Å². The van der Waals surface area contributed by atoms with Crippen LogP contribution >= 0.6 is 0 Å². The van der Waals surface area contributed by atoms with Crippen molar-refractivity contribution in [3.8, 4) is 0 Å². The summed E-state index contributed by atoms with van der Waals surface area (Å²) in [6, 6.07) is -0.374. The van der Waals surface area contributed by atoms with E-state index in [0.717, 1.165) is 57.0 Å². The molecule has 3 fully saturated rings. The van der Waals surface area contributed by atoms with Crippen LogP contribution in [0.15, 0.2) is 0 Å². The number of hydrogen-bond donors (Lipinski definition) is 1. The van der Waals surface area contributed by atoms with Gasteiger partial charge in [-0.3, -0.25) is 9.59 Å². The van der Waals surface area contributed by atoms with Crippen LogP contribution in [-0.4, -0.2) is 66.0 Å². The average molecular weight is 413 g/mol. The minimum Gasteiger partial charge on any atom is -0.368 e. The molecule has 3 aliphatic heterocycles. The zero-order valence-electron chi connectivity index (χ0n) is 18.0. The van der Waals surface area contributed by atoms with Gasteiger partial charge in [0, 0.05) is 51.1 Å². The number of piperidine rings is 3. The molecule has 8 nitrogen and oxygen atoms in total. The van der Waals surface area contributed by atoms with E-state index in [2.05, 4.69) is 4.90 Å². The van der Waals surface area contributed by atoms with Gasteiger partial charge in [0.1, 0.15) is 11.9 Å². The molecule has 3 saturated heterocycles. The number of hydrogen-bond acceptors (Lipinski definition) is 6. The van der Waals surface area contributed by atoms with Gasteiger partial charge in [-0.1, -0.05) is 0 Å². The van der Waals surface area contributed by atoms with E-state index in [0.29, 0.717) is 12.3 Å². The number of aromatic nitrogens is 2. The van der Waals surface area contributed by atoms with E-state index in [-0.39, 0.29) is 23.8 Å². The smallest absolute Gasteiger partial charge is 0.240 e. The topological polar surface area (TPSA) is 95.7 Å². The van der Waals surface area contributed by atoms with Gasteiger partial charge in [0.15, 0.2) is 0 Å². The van der Waals surface area contributed by atoms with Crippen molar-refractivity contribution >= 4 is 23.6 Å². The van der Waals surface area contributed by atoms with Crippen molar-refractivity contribution in [2.75, 3.05) is 37.0 Å². The van der Waals surface area contributed by atoms with Crippen molar-refractivity contribution < 1.29 is 9.59 Å². The van der Waals surface area contributed by atoms with E-state index in [1.165, 1.54) is 24.1 Å². The van der Waals surface area contributed by atoms with Crippen molar-refractivity contribution in [1.29, 1.82) is 0 Å². The predicted octanol–water partition coefficient (Wildman–Crippen LogP) is 1.11. The highest BCUT2D eigenvalue weighted by Gasteiger charge is 2.51. The summed E-state index contributed by atoms with van der Waals surface area (Å²) in [5.74, 6) is 1.96. The summed E-state index contributed by atoms with van der Waals surface area (Å²) in [4.78, 5) is 41.2. The van der Waals surface area contributed by atoms with Crippen molar-refractivity contribution in [1.82, 2.24) is 14.9 Å². The maximum atomic E-state index is 12.7. The van der Waals surface area contributed by atoms with E-state index in [1.807, 2.05) is 23.9 Å². The zero-order valence-corrected chi connectivity index (χ0v) is 18.0. The molecule has 2 amide bonds. The molecule has 1 aliphatic carbocycles. The first-order chi connectivity index (χ1) is 14.4. The van der Waals surface area contributed by atoms with E-state index >= 15 is 0 Å².